The summed E-state index contributed by atoms with van der Waals surface area (Å²) in [5.41, 5.74) is 7.82. The van der Waals surface area contributed by atoms with Crippen LogP contribution in [-0.4, -0.2) is 12.5 Å². The molecule has 20 heavy (non-hydrogen) atoms. The van der Waals surface area contributed by atoms with Gasteiger partial charge in [0.05, 0.1) is 6.42 Å². The molecule has 1 aromatic carbocycles. The molecule has 112 valence electrons. The normalized spacial score (nSPS) is 11.4. The molecule has 1 amide bonds. The van der Waals surface area contributed by atoms with Crippen LogP contribution < -0.4 is 11.1 Å². The Bertz CT molecular complexity index is 404. The van der Waals surface area contributed by atoms with E-state index in [0.717, 1.165) is 24.1 Å². The Labute approximate surface area is 122 Å². The van der Waals surface area contributed by atoms with Gasteiger partial charge in [0.15, 0.2) is 0 Å². The third kappa shape index (κ3) is 6.20. The van der Waals surface area contributed by atoms with Crippen molar-refractivity contribution in [1.29, 1.82) is 0 Å². The average Bonchev–Trinajstić information content (AvgIpc) is 2.38. The van der Waals surface area contributed by atoms with E-state index in [-0.39, 0.29) is 11.4 Å². The van der Waals surface area contributed by atoms with Crippen LogP contribution in [0.25, 0.3) is 0 Å². The Morgan fingerprint density at radius 1 is 1.15 bits per heavy atom. The van der Waals surface area contributed by atoms with Crippen molar-refractivity contribution in [3.05, 3.63) is 35.4 Å². The molecule has 3 N–H and O–H groups in total. The first-order chi connectivity index (χ1) is 9.43. The number of rotatable bonds is 8. The molecule has 3 nitrogen and oxygen atoms in total. The average molecular weight is 276 g/mol. The molecule has 0 unspecified atom stereocenters. The molecule has 0 aliphatic carbocycles. The van der Waals surface area contributed by atoms with Crippen molar-refractivity contribution in [2.75, 3.05) is 6.54 Å². The summed E-state index contributed by atoms with van der Waals surface area (Å²) >= 11 is 0. The lowest BCUT2D eigenvalue weighted by Crippen LogP contribution is -2.28. The van der Waals surface area contributed by atoms with Gasteiger partial charge in [0.2, 0.25) is 5.91 Å². The van der Waals surface area contributed by atoms with Crippen LogP contribution in [-0.2, 0) is 16.8 Å². The molecule has 0 saturated heterocycles. The van der Waals surface area contributed by atoms with Gasteiger partial charge in [0.1, 0.15) is 0 Å². The minimum absolute atomic E-state index is 0.0984. The third-order valence-electron chi connectivity index (χ3n) is 3.42. The zero-order valence-electron chi connectivity index (χ0n) is 13.0. The molecule has 0 saturated carbocycles. The van der Waals surface area contributed by atoms with Crippen LogP contribution in [0.2, 0.25) is 0 Å². The first-order valence-electron chi connectivity index (χ1n) is 7.58. The van der Waals surface area contributed by atoms with Crippen molar-refractivity contribution in [3.63, 3.8) is 0 Å². The van der Waals surface area contributed by atoms with E-state index in [0.29, 0.717) is 6.42 Å². The van der Waals surface area contributed by atoms with E-state index in [1.165, 1.54) is 19.3 Å². The van der Waals surface area contributed by atoms with Crippen molar-refractivity contribution >= 4 is 5.91 Å². The van der Waals surface area contributed by atoms with Crippen LogP contribution in [0.15, 0.2) is 24.3 Å². The molecule has 0 spiro atoms. The molecule has 0 heterocycles. The summed E-state index contributed by atoms with van der Waals surface area (Å²) in [5, 5.41) is 2.97. The quantitative estimate of drug-likeness (QED) is 0.717. The molecule has 3 heteroatoms. The molecular weight excluding hydrogens is 248 g/mol. The number of unbranched alkanes of at least 4 members (excludes halogenated alkanes) is 3. The van der Waals surface area contributed by atoms with Gasteiger partial charge in [-0.25, -0.2) is 0 Å². The summed E-state index contributed by atoms with van der Waals surface area (Å²) in [6.45, 7) is 6.92. The number of hydrogen-bond acceptors (Lipinski definition) is 2. The zero-order valence-corrected chi connectivity index (χ0v) is 13.0. The number of nitrogens with two attached hydrogens (primary N) is 1. The number of nitrogens with one attached hydrogen (secondary N) is 1. The first kappa shape index (κ1) is 16.7. The lowest BCUT2D eigenvalue weighted by atomic mass is 9.94. The van der Waals surface area contributed by atoms with Crippen LogP contribution in [0.3, 0.4) is 0 Å². The third-order valence-corrected chi connectivity index (χ3v) is 3.42. The van der Waals surface area contributed by atoms with E-state index in [9.17, 15) is 4.79 Å². The second kappa shape index (κ2) is 8.05. The van der Waals surface area contributed by atoms with Crippen LogP contribution in [0, 0.1) is 0 Å². The van der Waals surface area contributed by atoms with Crippen LogP contribution in [0.1, 0.15) is 57.6 Å². The highest BCUT2D eigenvalue weighted by Gasteiger charge is 2.13. The number of benzene rings is 1. The Hall–Kier alpha value is -1.35. The summed E-state index contributed by atoms with van der Waals surface area (Å²) in [4.78, 5) is 11.8. The predicted molar refractivity (Wildman–Crippen MR) is 84.5 cm³/mol. The van der Waals surface area contributed by atoms with E-state index in [1.807, 2.05) is 38.1 Å². The van der Waals surface area contributed by atoms with Crippen LogP contribution in [0.5, 0.6) is 0 Å². The number of carbonyl (C=O) groups is 1. The van der Waals surface area contributed by atoms with Crippen LogP contribution >= 0.6 is 0 Å². The Balaban J connectivity index is 2.35. The second-order valence-corrected chi connectivity index (χ2v) is 6.01. The van der Waals surface area contributed by atoms with Gasteiger partial charge in [-0.05, 0) is 31.4 Å². The summed E-state index contributed by atoms with van der Waals surface area (Å²) in [6, 6.07) is 7.98. The molecular formula is C17H28N2O. The largest absolute Gasteiger partial charge is 0.356 e. The SMILES string of the molecule is CCCCCCNC(=O)Cc1ccc(C(C)(C)N)cc1. The lowest BCUT2D eigenvalue weighted by molar-refractivity contribution is -0.120. The van der Waals surface area contributed by atoms with Crippen molar-refractivity contribution in [1.82, 2.24) is 5.32 Å². The summed E-state index contributed by atoms with van der Waals surface area (Å²) in [6.07, 6.45) is 5.17. The monoisotopic (exact) mass is 276 g/mol. The smallest absolute Gasteiger partial charge is 0.224 e. The van der Waals surface area contributed by atoms with Gasteiger partial charge in [-0.3, -0.25) is 4.79 Å². The van der Waals surface area contributed by atoms with E-state index in [1.54, 1.807) is 0 Å². The lowest BCUT2D eigenvalue weighted by Gasteiger charge is -2.19. The molecule has 1 aromatic rings. The van der Waals surface area contributed by atoms with E-state index in [2.05, 4.69) is 12.2 Å². The fourth-order valence-electron chi connectivity index (χ4n) is 2.08. The maximum atomic E-state index is 11.8. The van der Waals surface area contributed by atoms with E-state index in [4.69, 9.17) is 5.73 Å². The Morgan fingerprint density at radius 3 is 2.35 bits per heavy atom. The second-order valence-electron chi connectivity index (χ2n) is 6.01. The fourth-order valence-corrected chi connectivity index (χ4v) is 2.08. The van der Waals surface area contributed by atoms with Gasteiger partial charge in [-0.2, -0.15) is 0 Å². The van der Waals surface area contributed by atoms with Gasteiger partial charge in [-0.15, -0.1) is 0 Å². The summed E-state index contributed by atoms with van der Waals surface area (Å²) in [5.74, 6) is 0.0984. The topological polar surface area (TPSA) is 55.1 Å². The minimum Gasteiger partial charge on any atom is -0.356 e. The molecule has 0 aromatic heterocycles. The Morgan fingerprint density at radius 2 is 1.80 bits per heavy atom. The van der Waals surface area contributed by atoms with Gasteiger partial charge in [0, 0.05) is 12.1 Å². The van der Waals surface area contributed by atoms with Crippen molar-refractivity contribution < 1.29 is 4.79 Å². The predicted octanol–water partition coefficient (Wildman–Crippen LogP) is 3.12. The number of amides is 1. The highest BCUT2D eigenvalue weighted by Crippen LogP contribution is 2.17. The van der Waals surface area contributed by atoms with Gasteiger partial charge >= 0.3 is 0 Å². The number of carbonyl (C=O) groups excluding carboxylic acids is 1. The molecule has 0 aliphatic rings. The summed E-state index contributed by atoms with van der Waals surface area (Å²) in [7, 11) is 0. The molecule has 1 rings (SSSR count). The van der Waals surface area contributed by atoms with Crippen molar-refractivity contribution in [2.24, 2.45) is 5.73 Å². The van der Waals surface area contributed by atoms with E-state index >= 15 is 0 Å². The maximum absolute atomic E-state index is 11.8. The maximum Gasteiger partial charge on any atom is 0.224 e. The first-order valence-corrected chi connectivity index (χ1v) is 7.58. The minimum atomic E-state index is -0.333. The van der Waals surface area contributed by atoms with Crippen molar-refractivity contribution in [2.45, 2.75) is 58.4 Å². The summed E-state index contributed by atoms with van der Waals surface area (Å²) < 4.78 is 0. The molecule has 0 aliphatic heterocycles. The fraction of sp³-hybridized carbons (Fsp3) is 0.588. The number of hydrogen-bond donors (Lipinski definition) is 2. The van der Waals surface area contributed by atoms with Gasteiger partial charge < -0.3 is 11.1 Å². The molecule has 0 bridgehead atoms. The standard InChI is InChI=1S/C17H28N2O/c1-4-5-6-7-12-19-16(20)13-14-8-10-15(11-9-14)17(2,3)18/h8-11H,4-7,12-13,18H2,1-3H3,(H,19,20). The van der Waals surface area contributed by atoms with Crippen molar-refractivity contribution in [3.8, 4) is 0 Å². The highest BCUT2D eigenvalue weighted by molar-refractivity contribution is 5.78. The molecule has 0 fully saturated rings. The van der Waals surface area contributed by atoms with Gasteiger partial charge in [-0.1, -0.05) is 50.5 Å². The Kier molecular flexibility index (Phi) is 6.73. The van der Waals surface area contributed by atoms with E-state index < -0.39 is 0 Å². The molecule has 0 radical (unpaired) electrons. The van der Waals surface area contributed by atoms with Crippen LogP contribution in [0.4, 0.5) is 0 Å². The van der Waals surface area contributed by atoms with Gasteiger partial charge in [0.25, 0.3) is 0 Å². The highest BCUT2D eigenvalue weighted by atomic mass is 16.1. The molecule has 0 atom stereocenters. The zero-order chi connectivity index (χ0) is 15.0.